The molecule has 3 aromatic rings. The highest BCUT2D eigenvalue weighted by Crippen LogP contribution is 2.25. The number of fused-ring (bicyclic) bond motifs is 1. The van der Waals surface area contributed by atoms with Crippen molar-refractivity contribution in [3.63, 3.8) is 0 Å². The van der Waals surface area contributed by atoms with E-state index in [1.807, 2.05) is 42.5 Å². The molecule has 0 atom stereocenters. The number of carboxylic acid groups (broad SMARTS) is 1. The second-order valence-electron chi connectivity index (χ2n) is 7.27. The van der Waals surface area contributed by atoms with Gasteiger partial charge in [-0.15, -0.1) is 0 Å². The Labute approximate surface area is 179 Å². The fourth-order valence-electron chi connectivity index (χ4n) is 3.73. The van der Waals surface area contributed by atoms with Crippen LogP contribution in [0, 0.1) is 0 Å². The number of carbonyl (C=O) groups excluding carboxylic acids is 3. The molecule has 158 valence electrons. The van der Waals surface area contributed by atoms with E-state index in [-0.39, 0.29) is 29.5 Å². The highest BCUT2D eigenvalue weighted by atomic mass is 16.5. The highest BCUT2D eigenvalue weighted by molar-refractivity contribution is 6.04. The van der Waals surface area contributed by atoms with E-state index < -0.39 is 5.97 Å². The summed E-state index contributed by atoms with van der Waals surface area (Å²) in [5, 5.41) is 13.3. The summed E-state index contributed by atoms with van der Waals surface area (Å²) in [6.07, 6.45) is 0. The number of carbonyl (C=O) groups is 3. The summed E-state index contributed by atoms with van der Waals surface area (Å²) < 4.78 is 5.78. The van der Waals surface area contributed by atoms with Crippen LogP contribution < -0.4 is 9.84 Å². The minimum atomic E-state index is -1.39. The number of hydrogen-bond donors (Lipinski definition) is 0. The van der Waals surface area contributed by atoms with Crippen molar-refractivity contribution in [2.75, 3.05) is 32.8 Å². The lowest BCUT2D eigenvalue weighted by Gasteiger charge is -2.35. The van der Waals surface area contributed by atoms with Crippen LogP contribution in [0.4, 0.5) is 0 Å². The molecule has 1 saturated heterocycles. The molecule has 0 N–H and O–H groups in total. The zero-order valence-corrected chi connectivity index (χ0v) is 16.8. The maximum Gasteiger partial charge on any atom is 0.260 e. The van der Waals surface area contributed by atoms with E-state index in [2.05, 4.69) is 0 Å². The molecule has 0 bridgehead atoms. The zero-order chi connectivity index (χ0) is 21.8. The van der Waals surface area contributed by atoms with Gasteiger partial charge in [0.15, 0.2) is 6.61 Å². The summed E-state index contributed by atoms with van der Waals surface area (Å²) in [4.78, 5) is 39.8. The molecule has 1 fully saturated rings. The molecular weight excluding hydrogens is 396 g/mol. The normalized spacial score (nSPS) is 13.8. The number of benzene rings is 3. The standard InChI is InChI=1S/C24H22N2O5/c27-22(16-31-21-11-5-7-17-6-1-2-8-18(17)21)25-12-14-26(15-13-25)23(28)19-9-3-4-10-20(19)24(29)30/h1-11H,12-16H2,(H,29,30)/p-1. The first-order valence-electron chi connectivity index (χ1n) is 10.0. The number of aromatic carboxylic acids is 1. The van der Waals surface area contributed by atoms with E-state index in [9.17, 15) is 19.5 Å². The van der Waals surface area contributed by atoms with Crippen LogP contribution in [0.1, 0.15) is 20.7 Å². The van der Waals surface area contributed by atoms with Crippen LogP contribution in [0.5, 0.6) is 5.75 Å². The van der Waals surface area contributed by atoms with Crippen molar-refractivity contribution < 1.29 is 24.2 Å². The van der Waals surface area contributed by atoms with E-state index in [1.54, 1.807) is 21.9 Å². The van der Waals surface area contributed by atoms with Gasteiger partial charge in [0.2, 0.25) is 0 Å². The molecule has 31 heavy (non-hydrogen) atoms. The quantitative estimate of drug-likeness (QED) is 0.629. The molecule has 3 aromatic carbocycles. The second kappa shape index (κ2) is 8.87. The van der Waals surface area contributed by atoms with Gasteiger partial charge in [0, 0.05) is 42.7 Å². The first-order valence-corrected chi connectivity index (χ1v) is 10.0. The maximum atomic E-state index is 12.7. The molecule has 1 aliphatic rings. The van der Waals surface area contributed by atoms with Gasteiger partial charge in [-0.05, 0) is 17.5 Å². The van der Waals surface area contributed by atoms with Gasteiger partial charge in [0.25, 0.3) is 11.8 Å². The second-order valence-corrected chi connectivity index (χ2v) is 7.27. The number of amides is 2. The van der Waals surface area contributed by atoms with Gasteiger partial charge in [-0.1, -0.05) is 54.6 Å². The fourth-order valence-corrected chi connectivity index (χ4v) is 3.73. The molecule has 0 radical (unpaired) electrons. The van der Waals surface area contributed by atoms with Crippen molar-refractivity contribution in [3.8, 4) is 5.75 Å². The minimum Gasteiger partial charge on any atom is -0.545 e. The van der Waals surface area contributed by atoms with Gasteiger partial charge in [-0.3, -0.25) is 9.59 Å². The molecule has 0 spiro atoms. The fraction of sp³-hybridized carbons (Fsp3) is 0.208. The molecule has 2 amide bonds. The summed E-state index contributed by atoms with van der Waals surface area (Å²) in [6, 6.07) is 19.5. The van der Waals surface area contributed by atoms with E-state index in [4.69, 9.17) is 4.74 Å². The molecule has 0 unspecified atom stereocenters. The van der Waals surface area contributed by atoms with Crippen molar-refractivity contribution in [1.29, 1.82) is 0 Å². The molecule has 0 aliphatic carbocycles. The Hall–Kier alpha value is -3.87. The number of hydrogen-bond acceptors (Lipinski definition) is 5. The first-order chi connectivity index (χ1) is 15.0. The van der Waals surface area contributed by atoms with Crippen molar-refractivity contribution >= 4 is 28.6 Å². The lowest BCUT2D eigenvalue weighted by atomic mass is 10.1. The summed E-state index contributed by atoms with van der Waals surface area (Å²) >= 11 is 0. The average molecular weight is 417 g/mol. The molecule has 1 aliphatic heterocycles. The maximum absolute atomic E-state index is 12.7. The third kappa shape index (κ3) is 4.35. The largest absolute Gasteiger partial charge is 0.545 e. The summed E-state index contributed by atoms with van der Waals surface area (Å²) in [7, 11) is 0. The molecular formula is C24H21N2O5-. The van der Waals surface area contributed by atoms with Crippen LogP contribution in [0.3, 0.4) is 0 Å². The number of nitrogens with zero attached hydrogens (tertiary/aromatic N) is 2. The van der Waals surface area contributed by atoms with Crippen LogP contribution in [0.25, 0.3) is 10.8 Å². The van der Waals surface area contributed by atoms with E-state index in [1.165, 1.54) is 12.1 Å². The Morgan fingerprint density at radius 2 is 1.39 bits per heavy atom. The molecule has 7 nitrogen and oxygen atoms in total. The van der Waals surface area contributed by atoms with Crippen molar-refractivity contribution in [1.82, 2.24) is 9.80 Å². The van der Waals surface area contributed by atoms with Gasteiger partial charge in [0.1, 0.15) is 5.75 Å². The smallest absolute Gasteiger partial charge is 0.260 e. The topological polar surface area (TPSA) is 90.0 Å². The lowest BCUT2D eigenvalue weighted by molar-refractivity contribution is -0.255. The third-order valence-electron chi connectivity index (χ3n) is 5.40. The van der Waals surface area contributed by atoms with Crippen molar-refractivity contribution in [2.45, 2.75) is 0 Å². The summed E-state index contributed by atoms with van der Waals surface area (Å²) in [5.74, 6) is -1.27. The van der Waals surface area contributed by atoms with Gasteiger partial charge in [0.05, 0.1) is 5.97 Å². The Morgan fingerprint density at radius 3 is 2.13 bits per heavy atom. The summed E-state index contributed by atoms with van der Waals surface area (Å²) in [5.41, 5.74) is -0.0314. The number of piperazine rings is 1. The summed E-state index contributed by atoms with van der Waals surface area (Å²) in [6.45, 7) is 1.27. The highest BCUT2D eigenvalue weighted by Gasteiger charge is 2.26. The van der Waals surface area contributed by atoms with Crippen LogP contribution >= 0.6 is 0 Å². The van der Waals surface area contributed by atoms with E-state index in [0.29, 0.717) is 31.9 Å². The lowest BCUT2D eigenvalue weighted by Crippen LogP contribution is -2.51. The monoisotopic (exact) mass is 417 g/mol. The Kier molecular flexibility index (Phi) is 5.84. The van der Waals surface area contributed by atoms with Crippen molar-refractivity contribution in [2.24, 2.45) is 0 Å². The predicted molar refractivity (Wildman–Crippen MR) is 113 cm³/mol. The van der Waals surface area contributed by atoms with Crippen LogP contribution in [-0.2, 0) is 4.79 Å². The van der Waals surface area contributed by atoms with Crippen LogP contribution in [-0.4, -0.2) is 60.4 Å². The Bertz CT molecular complexity index is 1130. The van der Waals surface area contributed by atoms with Gasteiger partial charge in [-0.25, -0.2) is 0 Å². The average Bonchev–Trinajstić information content (AvgIpc) is 2.82. The van der Waals surface area contributed by atoms with E-state index >= 15 is 0 Å². The predicted octanol–water partition coefficient (Wildman–Crippen LogP) is 1.57. The number of ether oxygens (including phenoxy) is 1. The van der Waals surface area contributed by atoms with Crippen molar-refractivity contribution in [3.05, 3.63) is 77.9 Å². The van der Waals surface area contributed by atoms with Gasteiger partial charge < -0.3 is 24.4 Å². The Balaban J connectivity index is 1.35. The minimum absolute atomic E-state index is 0.0878. The first kappa shape index (κ1) is 20.4. The Morgan fingerprint density at radius 1 is 0.774 bits per heavy atom. The SMILES string of the molecule is O=C([O-])c1ccccc1C(=O)N1CCN(C(=O)COc2cccc3ccccc23)CC1. The third-order valence-corrected chi connectivity index (χ3v) is 5.40. The number of carboxylic acids is 1. The molecule has 4 rings (SSSR count). The number of rotatable bonds is 5. The molecule has 0 aromatic heterocycles. The van der Waals surface area contributed by atoms with Crippen LogP contribution in [0.2, 0.25) is 0 Å². The van der Waals surface area contributed by atoms with Gasteiger partial charge in [-0.2, -0.15) is 0 Å². The zero-order valence-electron chi connectivity index (χ0n) is 16.8. The molecule has 1 heterocycles. The van der Waals surface area contributed by atoms with E-state index in [0.717, 1.165) is 10.8 Å². The van der Waals surface area contributed by atoms with Gasteiger partial charge >= 0.3 is 0 Å². The van der Waals surface area contributed by atoms with Crippen LogP contribution in [0.15, 0.2) is 66.7 Å². The molecule has 7 heteroatoms. The molecule has 0 saturated carbocycles.